The Morgan fingerprint density at radius 1 is 1.13 bits per heavy atom. The van der Waals surface area contributed by atoms with Crippen LogP contribution in [0.2, 0.25) is 0 Å². The molecule has 1 aliphatic rings. The fourth-order valence-corrected chi connectivity index (χ4v) is 3.86. The fourth-order valence-electron chi connectivity index (χ4n) is 3.86. The standard InChI is InChI=1S/C24H38N2O4/c1-18-11-13-19(14-12-18)15-21(25-22(27)30-24(2,3)4)16-26(5)23(28)29-17-20-9-7-6-8-10-20/h6-10,18-19,21H,11-17H2,1-5H3,(H,25,27)/t18?,19?,21-/m0/s1. The van der Waals surface area contributed by atoms with Crippen LogP contribution in [0.5, 0.6) is 0 Å². The maximum atomic E-state index is 12.5. The van der Waals surface area contributed by atoms with E-state index in [9.17, 15) is 9.59 Å². The molecule has 1 N–H and O–H groups in total. The molecule has 0 spiro atoms. The van der Waals surface area contributed by atoms with Gasteiger partial charge in [0.25, 0.3) is 0 Å². The summed E-state index contributed by atoms with van der Waals surface area (Å²) in [5.74, 6) is 1.32. The third-order valence-corrected chi connectivity index (χ3v) is 5.49. The molecule has 1 aromatic carbocycles. The van der Waals surface area contributed by atoms with Crippen LogP contribution in [0, 0.1) is 11.8 Å². The molecule has 1 aliphatic carbocycles. The van der Waals surface area contributed by atoms with E-state index in [4.69, 9.17) is 9.47 Å². The number of alkyl carbamates (subject to hydrolysis) is 1. The minimum atomic E-state index is -0.560. The molecule has 30 heavy (non-hydrogen) atoms. The molecule has 0 heterocycles. The van der Waals surface area contributed by atoms with Gasteiger partial charge in [0.15, 0.2) is 0 Å². The van der Waals surface area contributed by atoms with E-state index in [-0.39, 0.29) is 12.6 Å². The fraction of sp³-hybridized carbons (Fsp3) is 0.667. The van der Waals surface area contributed by atoms with Crippen molar-refractivity contribution in [2.45, 2.75) is 78.0 Å². The van der Waals surface area contributed by atoms with Gasteiger partial charge >= 0.3 is 12.2 Å². The smallest absolute Gasteiger partial charge is 0.409 e. The molecule has 0 aromatic heterocycles. The molecule has 1 atom stereocenters. The number of benzene rings is 1. The molecule has 0 bridgehead atoms. The topological polar surface area (TPSA) is 67.9 Å². The van der Waals surface area contributed by atoms with Gasteiger partial charge in [0.1, 0.15) is 12.2 Å². The molecule has 2 amide bonds. The molecule has 2 rings (SSSR count). The first kappa shape index (κ1) is 24.0. The van der Waals surface area contributed by atoms with Crippen LogP contribution >= 0.6 is 0 Å². The monoisotopic (exact) mass is 418 g/mol. The third-order valence-electron chi connectivity index (χ3n) is 5.49. The first-order valence-electron chi connectivity index (χ1n) is 11.0. The first-order chi connectivity index (χ1) is 14.1. The van der Waals surface area contributed by atoms with Crippen molar-refractivity contribution in [3.8, 4) is 0 Å². The van der Waals surface area contributed by atoms with E-state index >= 15 is 0 Å². The van der Waals surface area contributed by atoms with Crippen molar-refractivity contribution in [2.24, 2.45) is 11.8 Å². The van der Waals surface area contributed by atoms with Crippen molar-refractivity contribution in [1.82, 2.24) is 10.2 Å². The molecule has 1 saturated carbocycles. The van der Waals surface area contributed by atoms with E-state index in [1.165, 1.54) is 17.7 Å². The van der Waals surface area contributed by atoms with Gasteiger partial charge in [-0.1, -0.05) is 62.9 Å². The second-order valence-electron chi connectivity index (χ2n) is 9.63. The Hall–Kier alpha value is -2.24. The number of carbonyl (C=O) groups is 2. The van der Waals surface area contributed by atoms with Crippen LogP contribution in [0.1, 0.15) is 65.4 Å². The lowest BCUT2D eigenvalue weighted by Gasteiger charge is -2.32. The quantitative estimate of drug-likeness (QED) is 0.647. The normalized spacial score (nSPS) is 20.2. The van der Waals surface area contributed by atoms with Gasteiger partial charge in [-0.15, -0.1) is 0 Å². The van der Waals surface area contributed by atoms with Crippen LogP contribution in [-0.2, 0) is 16.1 Å². The maximum Gasteiger partial charge on any atom is 0.409 e. The van der Waals surface area contributed by atoms with Crippen LogP contribution in [-0.4, -0.2) is 42.3 Å². The van der Waals surface area contributed by atoms with Crippen LogP contribution in [0.3, 0.4) is 0 Å². The largest absolute Gasteiger partial charge is 0.445 e. The Labute approximate surface area is 181 Å². The second kappa shape index (κ2) is 11.2. The van der Waals surface area contributed by atoms with Gasteiger partial charge in [-0.3, -0.25) is 0 Å². The van der Waals surface area contributed by atoms with Gasteiger partial charge in [0.05, 0.1) is 6.04 Å². The molecule has 6 nitrogen and oxygen atoms in total. The first-order valence-corrected chi connectivity index (χ1v) is 11.0. The minimum Gasteiger partial charge on any atom is -0.445 e. The lowest BCUT2D eigenvalue weighted by atomic mass is 9.80. The highest BCUT2D eigenvalue weighted by molar-refractivity contribution is 5.69. The van der Waals surface area contributed by atoms with Crippen molar-refractivity contribution in [1.29, 1.82) is 0 Å². The number of nitrogens with zero attached hydrogens (tertiary/aromatic N) is 1. The summed E-state index contributed by atoms with van der Waals surface area (Å²) >= 11 is 0. The summed E-state index contributed by atoms with van der Waals surface area (Å²) in [4.78, 5) is 26.4. The Morgan fingerprint density at radius 3 is 2.37 bits per heavy atom. The number of ether oxygens (including phenoxy) is 2. The average molecular weight is 419 g/mol. The second-order valence-corrected chi connectivity index (χ2v) is 9.63. The van der Waals surface area contributed by atoms with E-state index < -0.39 is 17.8 Å². The maximum absolute atomic E-state index is 12.5. The van der Waals surface area contributed by atoms with Crippen LogP contribution < -0.4 is 5.32 Å². The van der Waals surface area contributed by atoms with Gasteiger partial charge < -0.3 is 19.7 Å². The van der Waals surface area contributed by atoms with Gasteiger partial charge in [-0.25, -0.2) is 9.59 Å². The highest BCUT2D eigenvalue weighted by Gasteiger charge is 2.27. The van der Waals surface area contributed by atoms with Gasteiger partial charge in [-0.2, -0.15) is 0 Å². The zero-order valence-electron chi connectivity index (χ0n) is 19.1. The zero-order chi connectivity index (χ0) is 22.1. The summed E-state index contributed by atoms with van der Waals surface area (Å²) in [5.41, 5.74) is 0.383. The Morgan fingerprint density at radius 2 is 1.77 bits per heavy atom. The average Bonchev–Trinajstić information content (AvgIpc) is 2.67. The molecule has 0 aliphatic heterocycles. The Kier molecular flexibility index (Phi) is 9.00. The van der Waals surface area contributed by atoms with E-state index in [1.807, 2.05) is 51.1 Å². The Bertz CT molecular complexity index is 664. The van der Waals surface area contributed by atoms with E-state index in [0.29, 0.717) is 12.5 Å². The molecule has 0 saturated heterocycles. The molecular formula is C24H38N2O4. The SMILES string of the molecule is CC1CCC(C[C@@H](CN(C)C(=O)OCc2ccccc2)NC(=O)OC(C)(C)C)CC1. The van der Waals surface area contributed by atoms with Crippen molar-refractivity contribution >= 4 is 12.2 Å². The highest BCUT2D eigenvalue weighted by Crippen LogP contribution is 2.31. The summed E-state index contributed by atoms with van der Waals surface area (Å²) in [6.07, 6.45) is 4.76. The van der Waals surface area contributed by atoms with Crippen LogP contribution in [0.4, 0.5) is 9.59 Å². The molecule has 1 aromatic rings. The van der Waals surface area contributed by atoms with Gasteiger partial charge in [0, 0.05) is 13.6 Å². The minimum absolute atomic E-state index is 0.174. The number of hydrogen-bond acceptors (Lipinski definition) is 4. The third kappa shape index (κ3) is 9.06. The summed E-state index contributed by atoms with van der Waals surface area (Å²) in [5, 5.41) is 2.98. The molecule has 1 fully saturated rings. The lowest BCUT2D eigenvalue weighted by molar-refractivity contribution is 0.0472. The van der Waals surface area contributed by atoms with Gasteiger partial charge in [-0.05, 0) is 44.6 Å². The predicted octanol–water partition coefficient (Wildman–Crippen LogP) is 5.36. The van der Waals surface area contributed by atoms with Crippen molar-refractivity contribution in [3.05, 3.63) is 35.9 Å². The number of rotatable bonds is 7. The van der Waals surface area contributed by atoms with Crippen molar-refractivity contribution < 1.29 is 19.1 Å². The molecule has 0 unspecified atom stereocenters. The molecule has 0 radical (unpaired) electrons. The number of hydrogen-bond donors (Lipinski definition) is 1. The summed E-state index contributed by atoms with van der Waals surface area (Å²) in [6.45, 7) is 8.45. The highest BCUT2D eigenvalue weighted by atomic mass is 16.6. The van der Waals surface area contributed by atoms with Crippen LogP contribution in [0.15, 0.2) is 30.3 Å². The predicted molar refractivity (Wildman–Crippen MR) is 118 cm³/mol. The lowest BCUT2D eigenvalue weighted by Crippen LogP contribution is -2.47. The Balaban J connectivity index is 1.92. The van der Waals surface area contributed by atoms with Crippen molar-refractivity contribution in [2.75, 3.05) is 13.6 Å². The molecule has 6 heteroatoms. The molecule has 168 valence electrons. The van der Waals surface area contributed by atoms with Gasteiger partial charge in [0.2, 0.25) is 0 Å². The number of likely N-dealkylation sites (N-methyl/N-ethyl adjacent to an activating group) is 1. The van der Waals surface area contributed by atoms with E-state index in [1.54, 1.807) is 7.05 Å². The number of nitrogens with one attached hydrogen (secondary N) is 1. The molecular weight excluding hydrogens is 380 g/mol. The number of amides is 2. The summed E-state index contributed by atoms with van der Waals surface area (Å²) in [6, 6.07) is 9.43. The summed E-state index contributed by atoms with van der Waals surface area (Å²) < 4.78 is 10.9. The zero-order valence-corrected chi connectivity index (χ0v) is 19.1. The van der Waals surface area contributed by atoms with E-state index in [2.05, 4.69) is 12.2 Å². The van der Waals surface area contributed by atoms with Crippen molar-refractivity contribution in [3.63, 3.8) is 0 Å². The summed E-state index contributed by atoms with van der Waals surface area (Å²) in [7, 11) is 1.71. The number of carbonyl (C=O) groups excluding carboxylic acids is 2. The van der Waals surface area contributed by atoms with E-state index in [0.717, 1.165) is 30.7 Å². The van der Waals surface area contributed by atoms with Crippen LogP contribution in [0.25, 0.3) is 0 Å².